The van der Waals surface area contributed by atoms with Crippen LogP contribution in [0.15, 0.2) is 0 Å². The molecular weight excluding hydrogens is 221 g/mol. The van der Waals surface area contributed by atoms with Gasteiger partial charge in [-0.2, -0.15) is 0 Å². The lowest BCUT2D eigenvalue weighted by Gasteiger charge is -2.32. The number of carbonyl (C=O) groups excluding carboxylic acids is 1. The summed E-state index contributed by atoms with van der Waals surface area (Å²) in [6, 6.07) is 0.752. The van der Waals surface area contributed by atoms with Gasteiger partial charge in [-0.3, -0.25) is 4.79 Å². The van der Waals surface area contributed by atoms with Crippen molar-refractivity contribution in [2.45, 2.75) is 44.4 Å². The minimum atomic E-state index is -0.679. The first kappa shape index (κ1) is 12.8. The summed E-state index contributed by atoms with van der Waals surface area (Å²) in [6.45, 7) is 4.64. The maximum atomic E-state index is 12.9. The van der Waals surface area contributed by atoms with E-state index >= 15 is 0 Å². The summed E-state index contributed by atoms with van der Waals surface area (Å²) in [5.41, 5.74) is 0. The first-order valence-electron chi connectivity index (χ1n) is 6.51. The highest BCUT2D eigenvalue weighted by Gasteiger charge is 2.25. The Labute approximate surface area is 102 Å². The van der Waals surface area contributed by atoms with Crippen molar-refractivity contribution in [1.82, 2.24) is 15.5 Å². The monoisotopic (exact) mass is 243 g/mol. The summed E-state index contributed by atoms with van der Waals surface area (Å²) in [7, 11) is 0. The molecule has 0 spiro atoms. The number of carbonyl (C=O) groups is 1. The summed E-state index contributed by atoms with van der Waals surface area (Å²) < 4.78 is 12.9. The van der Waals surface area contributed by atoms with Crippen LogP contribution >= 0.6 is 0 Å². The smallest absolute Gasteiger partial charge is 0.219 e. The largest absolute Gasteiger partial charge is 0.343 e. The van der Waals surface area contributed by atoms with Crippen molar-refractivity contribution in [3.05, 3.63) is 0 Å². The normalized spacial score (nSPS) is 30.8. The Kier molecular flexibility index (Phi) is 4.34. The van der Waals surface area contributed by atoms with Crippen molar-refractivity contribution in [1.29, 1.82) is 0 Å². The van der Waals surface area contributed by atoms with E-state index in [0.717, 1.165) is 32.5 Å². The number of piperidine rings is 1. The van der Waals surface area contributed by atoms with E-state index in [9.17, 15) is 9.18 Å². The second-order valence-corrected chi connectivity index (χ2v) is 5.13. The van der Waals surface area contributed by atoms with Crippen molar-refractivity contribution >= 4 is 5.91 Å². The molecule has 0 aliphatic carbocycles. The highest BCUT2D eigenvalue weighted by atomic mass is 19.1. The molecule has 2 atom stereocenters. The average molecular weight is 243 g/mol. The third-order valence-corrected chi connectivity index (χ3v) is 3.76. The van der Waals surface area contributed by atoms with Crippen molar-refractivity contribution < 1.29 is 9.18 Å². The summed E-state index contributed by atoms with van der Waals surface area (Å²) in [6.07, 6.45) is 1.96. The Morgan fingerprint density at radius 2 is 2.18 bits per heavy atom. The SMILES string of the molecule is CC(=O)N1CCC(NCC2CC(F)CN2)CC1. The third-order valence-electron chi connectivity index (χ3n) is 3.76. The topological polar surface area (TPSA) is 44.4 Å². The predicted molar refractivity (Wildman–Crippen MR) is 64.6 cm³/mol. The van der Waals surface area contributed by atoms with E-state index in [2.05, 4.69) is 10.6 Å². The molecule has 2 aliphatic rings. The molecular formula is C12H22FN3O. The van der Waals surface area contributed by atoms with Crippen molar-refractivity contribution in [2.75, 3.05) is 26.2 Å². The lowest BCUT2D eigenvalue weighted by molar-refractivity contribution is -0.129. The number of hydrogen-bond donors (Lipinski definition) is 2. The predicted octanol–water partition coefficient (Wildman–Crippen LogP) is 0.287. The van der Waals surface area contributed by atoms with Crippen molar-refractivity contribution in [3.8, 4) is 0 Å². The summed E-state index contributed by atoms with van der Waals surface area (Å²) in [5, 5.41) is 6.65. The molecule has 2 aliphatic heterocycles. The van der Waals surface area contributed by atoms with Gasteiger partial charge >= 0.3 is 0 Å². The Bertz CT molecular complexity index is 266. The lowest BCUT2D eigenvalue weighted by atomic mass is 10.0. The molecule has 0 aromatic rings. The van der Waals surface area contributed by atoms with Crippen LogP contribution in [0.5, 0.6) is 0 Å². The molecule has 4 nitrogen and oxygen atoms in total. The molecule has 0 radical (unpaired) electrons. The first-order chi connectivity index (χ1) is 8.15. The summed E-state index contributed by atoms with van der Waals surface area (Å²) in [5.74, 6) is 0.168. The molecule has 5 heteroatoms. The Balaban J connectivity index is 1.63. The van der Waals surface area contributed by atoms with Crippen LogP contribution in [-0.4, -0.2) is 55.2 Å². The van der Waals surface area contributed by atoms with Crippen LogP contribution in [0.25, 0.3) is 0 Å². The molecule has 2 unspecified atom stereocenters. The number of halogens is 1. The molecule has 2 fully saturated rings. The average Bonchev–Trinajstić information content (AvgIpc) is 2.73. The van der Waals surface area contributed by atoms with Crippen LogP contribution in [0.1, 0.15) is 26.2 Å². The zero-order chi connectivity index (χ0) is 12.3. The molecule has 0 saturated carbocycles. The number of hydrogen-bond acceptors (Lipinski definition) is 3. The fourth-order valence-corrected chi connectivity index (χ4v) is 2.63. The maximum Gasteiger partial charge on any atom is 0.219 e. The number of amides is 1. The Hall–Kier alpha value is -0.680. The van der Waals surface area contributed by atoms with Crippen LogP contribution < -0.4 is 10.6 Å². The summed E-state index contributed by atoms with van der Waals surface area (Å²) in [4.78, 5) is 13.1. The van der Waals surface area contributed by atoms with Crippen molar-refractivity contribution in [3.63, 3.8) is 0 Å². The van der Waals surface area contributed by atoms with E-state index in [1.807, 2.05) is 4.90 Å². The van der Waals surface area contributed by atoms with Crippen LogP contribution in [-0.2, 0) is 4.79 Å². The minimum absolute atomic E-state index is 0.168. The van der Waals surface area contributed by atoms with E-state index in [4.69, 9.17) is 0 Å². The zero-order valence-electron chi connectivity index (χ0n) is 10.4. The molecule has 2 heterocycles. The second kappa shape index (κ2) is 5.78. The van der Waals surface area contributed by atoms with Gasteiger partial charge in [0.25, 0.3) is 0 Å². The van der Waals surface area contributed by atoms with Gasteiger partial charge in [-0.25, -0.2) is 4.39 Å². The zero-order valence-corrected chi connectivity index (χ0v) is 10.4. The molecule has 0 aromatic heterocycles. The van der Waals surface area contributed by atoms with Crippen LogP contribution in [0, 0.1) is 0 Å². The van der Waals surface area contributed by atoms with Crippen LogP contribution in [0.2, 0.25) is 0 Å². The fraction of sp³-hybridized carbons (Fsp3) is 0.917. The van der Waals surface area contributed by atoms with Gasteiger partial charge in [0.15, 0.2) is 0 Å². The summed E-state index contributed by atoms with van der Waals surface area (Å²) >= 11 is 0. The standard InChI is InChI=1S/C12H22FN3O/c1-9(17)16-4-2-11(3-5-16)15-8-12-6-10(13)7-14-12/h10-12,14-15H,2-8H2,1H3. The van der Waals surface area contributed by atoms with Gasteiger partial charge in [0.1, 0.15) is 6.17 Å². The number of likely N-dealkylation sites (tertiary alicyclic amines) is 1. The van der Waals surface area contributed by atoms with E-state index in [-0.39, 0.29) is 11.9 Å². The Morgan fingerprint density at radius 3 is 2.71 bits per heavy atom. The molecule has 1 amide bonds. The van der Waals surface area contributed by atoms with Crippen LogP contribution in [0.3, 0.4) is 0 Å². The van der Waals surface area contributed by atoms with Gasteiger partial charge in [0.2, 0.25) is 5.91 Å². The van der Waals surface area contributed by atoms with E-state index in [1.165, 1.54) is 0 Å². The second-order valence-electron chi connectivity index (χ2n) is 5.13. The number of nitrogens with one attached hydrogen (secondary N) is 2. The van der Waals surface area contributed by atoms with Gasteiger partial charge in [-0.05, 0) is 19.3 Å². The van der Waals surface area contributed by atoms with E-state index in [1.54, 1.807) is 6.92 Å². The van der Waals surface area contributed by atoms with E-state index < -0.39 is 6.17 Å². The molecule has 0 aromatic carbocycles. The molecule has 98 valence electrons. The quantitative estimate of drug-likeness (QED) is 0.749. The highest BCUT2D eigenvalue weighted by Crippen LogP contribution is 2.12. The third kappa shape index (κ3) is 3.64. The fourth-order valence-electron chi connectivity index (χ4n) is 2.63. The van der Waals surface area contributed by atoms with Gasteiger partial charge in [0, 0.05) is 45.2 Å². The van der Waals surface area contributed by atoms with Gasteiger partial charge in [-0.15, -0.1) is 0 Å². The van der Waals surface area contributed by atoms with E-state index in [0.29, 0.717) is 19.0 Å². The molecule has 2 rings (SSSR count). The van der Waals surface area contributed by atoms with Crippen molar-refractivity contribution in [2.24, 2.45) is 0 Å². The first-order valence-corrected chi connectivity index (χ1v) is 6.51. The number of rotatable bonds is 3. The van der Waals surface area contributed by atoms with Gasteiger partial charge in [0.05, 0.1) is 0 Å². The molecule has 17 heavy (non-hydrogen) atoms. The highest BCUT2D eigenvalue weighted by molar-refractivity contribution is 5.73. The van der Waals surface area contributed by atoms with Gasteiger partial charge < -0.3 is 15.5 Å². The lowest BCUT2D eigenvalue weighted by Crippen LogP contribution is -2.47. The molecule has 0 bridgehead atoms. The number of alkyl halides is 1. The van der Waals surface area contributed by atoms with Crippen LogP contribution in [0.4, 0.5) is 4.39 Å². The Morgan fingerprint density at radius 1 is 1.47 bits per heavy atom. The maximum absolute atomic E-state index is 12.9. The number of nitrogens with zero attached hydrogens (tertiary/aromatic N) is 1. The minimum Gasteiger partial charge on any atom is -0.343 e. The van der Waals surface area contributed by atoms with Gasteiger partial charge in [-0.1, -0.05) is 0 Å². The molecule has 2 N–H and O–H groups in total. The molecule has 2 saturated heterocycles.